The van der Waals surface area contributed by atoms with E-state index in [1.807, 2.05) is 0 Å². The number of carbonyl (C=O) groups excluding carboxylic acids is 1. The lowest BCUT2D eigenvalue weighted by molar-refractivity contribution is 0.102. The average Bonchev–Trinajstić information content (AvgIpc) is 2.86. The lowest BCUT2D eigenvalue weighted by atomic mass is 10.2. The summed E-state index contributed by atoms with van der Waals surface area (Å²) < 4.78 is 2.98. The van der Waals surface area contributed by atoms with E-state index in [0.717, 1.165) is 0 Å². The Morgan fingerprint density at radius 2 is 1.95 bits per heavy atom. The first-order chi connectivity index (χ1) is 10.1. The molecular weight excluding hydrogens is 402 g/mol. The number of hydrogen-bond donors (Lipinski definition) is 2. The normalized spacial score (nSPS) is 10.8. The van der Waals surface area contributed by atoms with E-state index in [9.17, 15) is 4.79 Å². The molecule has 3 rings (SSSR count). The number of nitrogens with zero attached hydrogens (tertiary/aromatic N) is 3. The fourth-order valence-electron chi connectivity index (χ4n) is 1.90. The Hall–Kier alpha value is -1.93. The first kappa shape index (κ1) is 14.0. The molecule has 3 N–H and O–H groups in total. The number of rotatable bonds is 2. The van der Waals surface area contributed by atoms with Crippen molar-refractivity contribution in [3.63, 3.8) is 0 Å². The number of nitrogens with one attached hydrogen (secondary N) is 1. The van der Waals surface area contributed by atoms with Crippen LogP contribution in [0.3, 0.4) is 0 Å². The van der Waals surface area contributed by atoms with Crippen LogP contribution in [0.25, 0.3) is 5.52 Å². The number of nitrogen functional groups attached to an aromatic ring is 1. The fraction of sp³-hybridized carbons (Fsp3) is 0. The number of nitrogens with two attached hydrogens (primary N) is 1. The van der Waals surface area contributed by atoms with Crippen molar-refractivity contribution in [2.45, 2.75) is 0 Å². The van der Waals surface area contributed by atoms with Crippen LogP contribution in [0.2, 0.25) is 0 Å². The lowest BCUT2D eigenvalue weighted by Gasteiger charge is -2.10. The monoisotopic (exact) mass is 409 g/mol. The minimum Gasteiger partial charge on any atom is -0.399 e. The minimum absolute atomic E-state index is 0.274. The van der Waals surface area contributed by atoms with Crippen LogP contribution < -0.4 is 11.1 Å². The number of hydrogen-bond acceptors (Lipinski definition) is 4. The van der Waals surface area contributed by atoms with Crippen LogP contribution in [0.4, 0.5) is 11.4 Å². The average molecular weight is 411 g/mol. The summed E-state index contributed by atoms with van der Waals surface area (Å²) in [5.74, 6) is -0.274. The van der Waals surface area contributed by atoms with Crippen LogP contribution in [-0.4, -0.2) is 20.5 Å². The molecule has 2 heterocycles. The van der Waals surface area contributed by atoms with E-state index in [-0.39, 0.29) is 5.91 Å². The highest BCUT2D eigenvalue weighted by atomic mass is 79.9. The molecule has 21 heavy (non-hydrogen) atoms. The van der Waals surface area contributed by atoms with Crippen molar-refractivity contribution < 1.29 is 4.79 Å². The highest BCUT2D eigenvalue weighted by Gasteiger charge is 2.16. The van der Waals surface area contributed by atoms with Gasteiger partial charge in [0.25, 0.3) is 5.91 Å². The molecule has 2 aromatic heterocycles. The van der Waals surface area contributed by atoms with Crippen molar-refractivity contribution in [2.75, 3.05) is 11.1 Å². The third-order valence-corrected chi connectivity index (χ3v) is 4.12. The third kappa shape index (κ3) is 2.64. The van der Waals surface area contributed by atoms with Gasteiger partial charge in [0.15, 0.2) is 0 Å². The highest BCUT2D eigenvalue weighted by Crippen LogP contribution is 2.33. The smallest absolute Gasteiger partial charge is 0.259 e. The predicted molar refractivity (Wildman–Crippen MR) is 87.2 cm³/mol. The Kier molecular flexibility index (Phi) is 3.64. The maximum atomic E-state index is 12.4. The van der Waals surface area contributed by atoms with Crippen LogP contribution >= 0.6 is 31.9 Å². The second-order valence-corrected chi connectivity index (χ2v) is 5.99. The standard InChI is InChI=1S/C13H9Br2N5O/c14-9-3-7(16)4-10(15)12(9)19-13(21)8-5-18-20-2-1-17-6-11(8)20/h1-6H,16H2,(H,19,21). The maximum absolute atomic E-state index is 12.4. The Bertz CT molecular complexity index is 822. The number of benzene rings is 1. The summed E-state index contributed by atoms with van der Waals surface area (Å²) >= 11 is 6.76. The number of halogens is 2. The summed E-state index contributed by atoms with van der Waals surface area (Å²) in [6.07, 6.45) is 6.39. The first-order valence-electron chi connectivity index (χ1n) is 5.89. The summed E-state index contributed by atoms with van der Waals surface area (Å²) in [7, 11) is 0. The van der Waals surface area contributed by atoms with Gasteiger partial charge in [-0.15, -0.1) is 0 Å². The molecule has 0 bridgehead atoms. The van der Waals surface area contributed by atoms with E-state index in [1.165, 1.54) is 6.20 Å². The Labute approximate surface area is 136 Å². The van der Waals surface area contributed by atoms with E-state index in [1.54, 1.807) is 35.2 Å². The summed E-state index contributed by atoms with van der Waals surface area (Å²) in [4.78, 5) is 16.4. The van der Waals surface area contributed by atoms with Crippen molar-refractivity contribution in [2.24, 2.45) is 0 Å². The van der Waals surface area contributed by atoms with Crippen LogP contribution in [0.1, 0.15) is 10.4 Å². The molecule has 0 unspecified atom stereocenters. The SMILES string of the molecule is Nc1cc(Br)c(NC(=O)c2cnn3ccncc23)c(Br)c1. The molecule has 0 aliphatic heterocycles. The molecular formula is C13H9Br2N5O. The van der Waals surface area contributed by atoms with Gasteiger partial charge in [0.1, 0.15) is 0 Å². The van der Waals surface area contributed by atoms with Crippen molar-refractivity contribution in [3.05, 3.63) is 51.4 Å². The first-order valence-corrected chi connectivity index (χ1v) is 7.48. The minimum atomic E-state index is -0.274. The molecule has 0 aliphatic rings. The molecule has 0 radical (unpaired) electrons. The zero-order valence-corrected chi connectivity index (χ0v) is 13.7. The number of anilines is 2. The van der Waals surface area contributed by atoms with Crippen LogP contribution in [0.15, 0.2) is 45.9 Å². The zero-order valence-electron chi connectivity index (χ0n) is 10.5. The predicted octanol–water partition coefficient (Wildman–Crippen LogP) is 3.09. The molecule has 106 valence electrons. The lowest BCUT2D eigenvalue weighted by Crippen LogP contribution is -2.12. The van der Waals surface area contributed by atoms with Crippen molar-refractivity contribution in [1.29, 1.82) is 0 Å². The second-order valence-electron chi connectivity index (χ2n) is 4.28. The van der Waals surface area contributed by atoms with Crippen LogP contribution in [0, 0.1) is 0 Å². The molecule has 6 nitrogen and oxygen atoms in total. The quantitative estimate of drug-likeness (QED) is 0.635. The number of fused-ring (bicyclic) bond motifs is 1. The molecule has 0 spiro atoms. The molecule has 1 amide bonds. The molecule has 0 atom stereocenters. The number of aromatic nitrogens is 3. The molecule has 0 aliphatic carbocycles. The van der Waals surface area contributed by atoms with E-state index in [4.69, 9.17) is 5.73 Å². The Morgan fingerprint density at radius 1 is 1.24 bits per heavy atom. The van der Waals surface area contributed by atoms with Gasteiger partial charge in [-0.2, -0.15) is 5.10 Å². The highest BCUT2D eigenvalue weighted by molar-refractivity contribution is 9.11. The Balaban J connectivity index is 1.97. The molecule has 1 aromatic carbocycles. The number of carbonyl (C=O) groups is 1. The van der Waals surface area contributed by atoms with E-state index < -0.39 is 0 Å². The van der Waals surface area contributed by atoms with E-state index in [2.05, 4.69) is 47.3 Å². The molecule has 8 heteroatoms. The second kappa shape index (κ2) is 5.45. The Morgan fingerprint density at radius 3 is 2.67 bits per heavy atom. The van der Waals surface area contributed by atoms with E-state index >= 15 is 0 Å². The van der Waals surface area contributed by atoms with Gasteiger partial charge in [-0.25, -0.2) is 4.52 Å². The summed E-state index contributed by atoms with van der Waals surface area (Å²) in [6.45, 7) is 0. The topological polar surface area (TPSA) is 85.3 Å². The van der Waals surface area contributed by atoms with Gasteiger partial charge < -0.3 is 11.1 Å². The summed E-state index contributed by atoms with van der Waals surface area (Å²) in [5.41, 5.74) is 8.01. The van der Waals surface area contributed by atoms with Gasteiger partial charge in [0.05, 0.1) is 29.2 Å². The molecule has 0 fully saturated rings. The van der Waals surface area contributed by atoms with Gasteiger partial charge in [-0.3, -0.25) is 9.78 Å². The van der Waals surface area contributed by atoms with Gasteiger partial charge >= 0.3 is 0 Å². The van der Waals surface area contributed by atoms with Crippen molar-refractivity contribution in [1.82, 2.24) is 14.6 Å². The number of amides is 1. The summed E-state index contributed by atoms with van der Waals surface area (Å²) in [6, 6.07) is 3.44. The van der Waals surface area contributed by atoms with Gasteiger partial charge in [0, 0.05) is 27.0 Å². The molecule has 3 aromatic rings. The van der Waals surface area contributed by atoms with Gasteiger partial charge in [0.2, 0.25) is 0 Å². The van der Waals surface area contributed by atoms with Crippen LogP contribution in [-0.2, 0) is 0 Å². The maximum Gasteiger partial charge on any atom is 0.259 e. The van der Waals surface area contributed by atoms with Crippen molar-refractivity contribution in [3.8, 4) is 0 Å². The molecule has 0 saturated carbocycles. The van der Waals surface area contributed by atoms with Gasteiger partial charge in [-0.1, -0.05) is 0 Å². The molecule has 0 saturated heterocycles. The fourth-order valence-corrected chi connectivity index (χ4v) is 3.32. The third-order valence-electron chi connectivity index (χ3n) is 2.87. The van der Waals surface area contributed by atoms with Gasteiger partial charge in [-0.05, 0) is 44.0 Å². The van der Waals surface area contributed by atoms with E-state index in [0.29, 0.717) is 31.4 Å². The summed E-state index contributed by atoms with van der Waals surface area (Å²) in [5, 5.41) is 6.94. The zero-order chi connectivity index (χ0) is 15.0. The van der Waals surface area contributed by atoms with Crippen molar-refractivity contribution >= 4 is 54.7 Å². The van der Waals surface area contributed by atoms with Crippen LogP contribution in [0.5, 0.6) is 0 Å². The largest absolute Gasteiger partial charge is 0.399 e.